The minimum atomic E-state index is 0.689. The van der Waals surface area contributed by atoms with Crippen LogP contribution in [0.2, 0.25) is 0 Å². The Morgan fingerprint density at radius 2 is 1.78 bits per heavy atom. The summed E-state index contributed by atoms with van der Waals surface area (Å²) in [5, 5.41) is 0. The Balaban J connectivity index is 1.74. The lowest BCUT2D eigenvalue weighted by atomic mass is 10.1. The minimum Gasteiger partial charge on any atom is -0.378 e. The molecule has 7 heteroatoms. The highest BCUT2D eigenvalue weighted by Gasteiger charge is 2.20. The van der Waals surface area contributed by atoms with Crippen LogP contribution in [0.25, 0.3) is 33.4 Å². The monoisotopic (exact) mass is 358 g/mol. The second kappa shape index (κ2) is 6.77. The van der Waals surface area contributed by atoms with Gasteiger partial charge in [0.05, 0.1) is 18.7 Å². The quantitative estimate of drug-likeness (QED) is 0.607. The predicted molar refractivity (Wildman–Crippen MR) is 103 cm³/mol. The standard InChI is InChI=1S/C20H18N6O/c1-2-15(12-22-5-1)16-13-23-19-17(14-3-6-21-7-4-14)24-20(25-18(16)19)26-8-10-27-11-9-26/h1-7,12-13,23H,8-11H2. The van der Waals surface area contributed by atoms with E-state index >= 15 is 0 Å². The van der Waals surface area contributed by atoms with E-state index in [1.54, 1.807) is 18.6 Å². The second-order valence-electron chi connectivity index (χ2n) is 6.38. The van der Waals surface area contributed by atoms with E-state index in [1.165, 1.54) is 0 Å². The number of H-pyrrole nitrogens is 1. The summed E-state index contributed by atoms with van der Waals surface area (Å²) in [5.74, 6) is 0.724. The molecule has 4 aromatic rings. The summed E-state index contributed by atoms with van der Waals surface area (Å²) in [4.78, 5) is 23.7. The predicted octanol–water partition coefficient (Wildman–Crippen LogP) is 2.92. The van der Waals surface area contributed by atoms with Crippen molar-refractivity contribution in [1.82, 2.24) is 24.9 Å². The second-order valence-corrected chi connectivity index (χ2v) is 6.38. The van der Waals surface area contributed by atoms with Crippen molar-refractivity contribution >= 4 is 17.0 Å². The van der Waals surface area contributed by atoms with E-state index in [1.807, 2.05) is 36.7 Å². The van der Waals surface area contributed by atoms with Crippen LogP contribution in [0.5, 0.6) is 0 Å². The van der Waals surface area contributed by atoms with Crippen molar-refractivity contribution in [1.29, 1.82) is 0 Å². The average molecular weight is 358 g/mol. The van der Waals surface area contributed by atoms with Gasteiger partial charge in [0.25, 0.3) is 0 Å². The zero-order valence-corrected chi connectivity index (χ0v) is 14.7. The Bertz CT molecular complexity index is 1060. The Kier molecular flexibility index (Phi) is 3.99. The third-order valence-electron chi connectivity index (χ3n) is 4.73. The van der Waals surface area contributed by atoms with Gasteiger partial charge in [-0.1, -0.05) is 6.07 Å². The summed E-state index contributed by atoms with van der Waals surface area (Å²) in [6.07, 6.45) is 9.16. The smallest absolute Gasteiger partial charge is 0.226 e. The molecule has 5 rings (SSSR count). The number of anilines is 1. The lowest BCUT2D eigenvalue weighted by Crippen LogP contribution is -2.37. The maximum absolute atomic E-state index is 5.48. The van der Waals surface area contributed by atoms with Gasteiger partial charge in [0.2, 0.25) is 5.95 Å². The molecule has 0 aliphatic carbocycles. The van der Waals surface area contributed by atoms with Gasteiger partial charge in [-0.25, -0.2) is 9.97 Å². The van der Waals surface area contributed by atoms with Gasteiger partial charge in [-0.05, 0) is 18.2 Å². The highest BCUT2D eigenvalue weighted by atomic mass is 16.5. The summed E-state index contributed by atoms with van der Waals surface area (Å²) in [6, 6.07) is 7.91. The van der Waals surface area contributed by atoms with Crippen LogP contribution in [0, 0.1) is 0 Å². The number of aromatic amines is 1. The largest absolute Gasteiger partial charge is 0.378 e. The highest BCUT2D eigenvalue weighted by Crippen LogP contribution is 2.33. The number of hydrogen-bond donors (Lipinski definition) is 1. The van der Waals surface area contributed by atoms with Gasteiger partial charge in [-0.2, -0.15) is 0 Å². The highest BCUT2D eigenvalue weighted by molar-refractivity contribution is 5.99. The van der Waals surface area contributed by atoms with Crippen molar-refractivity contribution < 1.29 is 4.74 Å². The summed E-state index contributed by atoms with van der Waals surface area (Å²) in [7, 11) is 0. The van der Waals surface area contributed by atoms with Gasteiger partial charge in [0, 0.05) is 60.8 Å². The van der Waals surface area contributed by atoms with Crippen LogP contribution >= 0.6 is 0 Å². The maximum atomic E-state index is 5.48. The molecule has 1 N–H and O–H groups in total. The molecule has 0 radical (unpaired) electrons. The molecular formula is C20H18N6O. The molecule has 1 saturated heterocycles. The topological polar surface area (TPSA) is 79.8 Å². The van der Waals surface area contributed by atoms with Gasteiger partial charge in [-0.3, -0.25) is 9.97 Å². The van der Waals surface area contributed by atoms with Crippen LogP contribution in [0.1, 0.15) is 0 Å². The van der Waals surface area contributed by atoms with Crippen molar-refractivity contribution in [2.24, 2.45) is 0 Å². The number of fused-ring (bicyclic) bond motifs is 1. The average Bonchev–Trinajstić information content (AvgIpc) is 3.19. The fourth-order valence-electron chi connectivity index (χ4n) is 3.36. The molecule has 0 aromatic carbocycles. The maximum Gasteiger partial charge on any atom is 0.226 e. The molecule has 0 amide bonds. The van der Waals surface area contributed by atoms with Crippen LogP contribution in [0.15, 0.2) is 55.2 Å². The minimum absolute atomic E-state index is 0.689. The third-order valence-corrected chi connectivity index (χ3v) is 4.73. The van der Waals surface area contributed by atoms with Crippen LogP contribution in [0.4, 0.5) is 5.95 Å². The van der Waals surface area contributed by atoms with Crippen molar-refractivity contribution in [3.8, 4) is 22.4 Å². The molecule has 7 nitrogen and oxygen atoms in total. The Labute approximate surface area is 156 Å². The van der Waals surface area contributed by atoms with E-state index in [0.717, 1.165) is 52.5 Å². The number of aromatic nitrogens is 5. The van der Waals surface area contributed by atoms with E-state index in [4.69, 9.17) is 14.7 Å². The van der Waals surface area contributed by atoms with Crippen molar-refractivity contribution in [2.75, 3.05) is 31.2 Å². The molecule has 1 fully saturated rings. The number of pyridine rings is 2. The molecule has 0 atom stereocenters. The molecule has 5 heterocycles. The summed E-state index contributed by atoms with van der Waals surface area (Å²) >= 11 is 0. The van der Waals surface area contributed by atoms with E-state index in [9.17, 15) is 0 Å². The Morgan fingerprint density at radius 1 is 0.926 bits per heavy atom. The first-order valence-electron chi connectivity index (χ1n) is 8.93. The van der Waals surface area contributed by atoms with Gasteiger partial charge in [0.15, 0.2) is 0 Å². The molecule has 0 saturated carbocycles. The van der Waals surface area contributed by atoms with E-state index in [2.05, 4.69) is 19.9 Å². The van der Waals surface area contributed by atoms with Gasteiger partial charge in [0.1, 0.15) is 11.2 Å². The molecular weight excluding hydrogens is 340 g/mol. The fourth-order valence-corrected chi connectivity index (χ4v) is 3.36. The van der Waals surface area contributed by atoms with Crippen molar-refractivity contribution in [3.05, 3.63) is 55.2 Å². The fraction of sp³-hybridized carbons (Fsp3) is 0.200. The van der Waals surface area contributed by atoms with E-state index in [-0.39, 0.29) is 0 Å². The van der Waals surface area contributed by atoms with Crippen LogP contribution in [0.3, 0.4) is 0 Å². The molecule has 1 aliphatic rings. The molecule has 27 heavy (non-hydrogen) atoms. The number of nitrogens with one attached hydrogen (secondary N) is 1. The van der Waals surface area contributed by atoms with Crippen LogP contribution in [-0.2, 0) is 4.74 Å². The molecule has 0 unspecified atom stereocenters. The lowest BCUT2D eigenvalue weighted by Gasteiger charge is -2.27. The SMILES string of the molecule is c1cncc(-c2c[nH]c3c(-c4ccncc4)nc(N4CCOCC4)nc23)c1. The van der Waals surface area contributed by atoms with Crippen molar-refractivity contribution in [3.63, 3.8) is 0 Å². The van der Waals surface area contributed by atoms with Crippen LogP contribution in [-0.4, -0.2) is 51.2 Å². The Morgan fingerprint density at radius 3 is 2.56 bits per heavy atom. The van der Waals surface area contributed by atoms with Gasteiger partial charge in [-0.15, -0.1) is 0 Å². The number of rotatable bonds is 3. The van der Waals surface area contributed by atoms with E-state index in [0.29, 0.717) is 13.2 Å². The molecule has 1 aliphatic heterocycles. The first-order valence-corrected chi connectivity index (χ1v) is 8.93. The molecule has 0 bridgehead atoms. The number of morpholine rings is 1. The number of ether oxygens (including phenoxy) is 1. The van der Waals surface area contributed by atoms with E-state index < -0.39 is 0 Å². The van der Waals surface area contributed by atoms with Gasteiger partial charge >= 0.3 is 0 Å². The lowest BCUT2D eigenvalue weighted by molar-refractivity contribution is 0.122. The van der Waals surface area contributed by atoms with Crippen LogP contribution < -0.4 is 4.90 Å². The van der Waals surface area contributed by atoms with Crippen molar-refractivity contribution in [2.45, 2.75) is 0 Å². The summed E-state index contributed by atoms with van der Waals surface area (Å²) in [5.41, 5.74) is 5.73. The molecule has 4 aromatic heterocycles. The Hall–Kier alpha value is -3.32. The third kappa shape index (κ3) is 2.92. The number of hydrogen-bond acceptors (Lipinski definition) is 6. The van der Waals surface area contributed by atoms with Gasteiger partial charge < -0.3 is 14.6 Å². The molecule has 134 valence electrons. The summed E-state index contributed by atoms with van der Waals surface area (Å²) in [6.45, 7) is 2.95. The first-order chi connectivity index (χ1) is 13.4. The first kappa shape index (κ1) is 15.9. The zero-order chi connectivity index (χ0) is 18.1. The normalized spacial score (nSPS) is 14.6. The molecule has 0 spiro atoms. The summed E-state index contributed by atoms with van der Waals surface area (Å²) < 4.78 is 5.48. The zero-order valence-electron chi connectivity index (χ0n) is 14.7. The number of nitrogens with zero attached hydrogens (tertiary/aromatic N) is 5.